The minimum Gasteiger partial charge on any atom is -0.347 e. The highest BCUT2D eigenvalue weighted by atomic mass is 32.1. The molecule has 3 N–H and O–H groups in total. The first-order chi connectivity index (χ1) is 7.25. The molecule has 5 nitrogen and oxygen atoms in total. The largest absolute Gasteiger partial charge is 0.347 e. The van der Waals surface area contributed by atoms with Gasteiger partial charge in [-0.3, -0.25) is 10.1 Å². The molecule has 1 aliphatic rings. The molecule has 0 spiro atoms. The normalized spacial score (nSPS) is 14.4. The topological polar surface area (TPSA) is 70.2 Å². The van der Waals surface area contributed by atoms with Crippen molar-refractivity contribution >= 4 is 28.3 Å². The molecule has 0 fully saturated rings. The lowest BCUT2D eigenvalue weighted by Gasteiger charge is -2.04. The van der Waals surface area contributed by atoms with E-state index >= 15 is 0 Å². The van der Waals surface area contributed by atoms with E-state index in [2.05, 4.69) is 16.0 Å². The zero-order valence-corrected chi connectivity index (χ0v) is 8.56. The molecule has 0 aliphatic carbocycles. The lowest BCUT2D eigenvalue weighted by molar-refractivity contribution is -0.116. The first-order valence-corrected chi connectivity index (χ1v) is 5.23. The highest BCUT2D eigenvalue weighted by Gasteiger charge is 2.16. The van der Waals surface area contributed by atoms with E-state index in [4.69, 9.17) is 0 Å². The van der Waals surface area contributed by atoms with E-state index < -0.39 is 6.03 Å². The maximum Gasteiger partial charge on any atom is 0.324 e. The van der Waals surface area contributed by atoms with Gasteiger partial charge in [0.05, 0.1) is 5.00 Å². The molecule has 78 valence electrons. The maximum atomic E-state index is 11.4. The van der Waals surface area contributed by atoms with Gasteiger partial charge in [-0.1, -0.05) is 0 Å². The quantitative estimate of drug-likeness (QED) is 0.696. The lowest BCUT2D eigenvalue weighted by Crippen LogP contribution is -2.32. The summed E-state index contributed by atoms with van der Waals surface area (Å²) in [4.78, 5) is 22.5. The van der Waals surface area contributed by atoms with E-state index in [9.17, 15) is 9.59 Å². The number of carbonyl (C=O) groups excluding carboxylic acids is 2. The number of rotatable bonds is 2. The molecule has 3 amide bonds. The molecule has 2 heterocycles. The fourth-order valence-corrected chi connectivity index (χ4v) is 1.77. The summed E-state index contributed by atoms with van der Waals surface area (Å²) in [5, 5.41) is 10.3. The lowest BCUT2D eigenvalue weighted by atomic mass is 10.4. The monoisotopic (exact) mass is 223 g/mol. The van der Waals surface area contributed by atoms with Crippen LogP contribution in [0.4, 0.5) is 9.80 Å². The third-order valence-corrected chi connectivity index (χ3v) is 2.60. The number of amides is 3. The van der Waals surface area contributed by atoms with Crippen molar-refractivity contribution in [1.82, 2.24) is 10.6 Å². The summed E-state index contributed by atoms with van der Waals surface area (Å²) in [5.74, 6) is -0.253. The molecule has 0 unspecified atom stereocenters. The van der Waals surface area contributed by atoms with E-state index in [-0.39, 0.29) is 5.91 Å². The van der Waals surface area contributed by atoms with Gasteiger partial charge in [-0.25, -0.2) is 4.79 Å². The predicted molar refractivity (Wildman–Crippen MR) is 57.6 cm³/mol. The van der Waals surface area contributed by atoms with Gasteiger partial charge < -0.3 is 10.6 Å². The summed E-state index contributed by atoms with van der Waals surface area (Å²) >= 11 is 1.42. The van der Waals surface area contributed by atoms with Crippen LogP contribution in [0, 0.1) is 0 Å². The molecular formula is C9H9N3O2S. The van der Waals surface area contributed by atoms with Crippen LogP contribution in [0.1, 0.15) is 0 Å². The zero-order chi connectivity index (χ0) is 10.7. The molecule has 6 heteroatoms. The van der Waals surface area contributed by atoms with Crippen LogP contribution in [-0.2, 0) is 4.79 Å². The van der Waals surface area contributed by atoms with E-state index in [1.807, 2.05) is 11.4 Å². The van der Waals surface area contributed by atoms with Gasteiger partial charge in [0.2, 0.25) is 0 Å². The number of nitrogens with one attached hydrogen (secondary N) is 3. The molecule has 0 saturated heterocycles. The Morgan fingerprint density at radius 2 is 2.33 bits per heavy atom. The molecule has 1 aromatic heterocycles. The van der Waals surface area contributed by atoms with Crippen molar-refractivity contribution in [2.24, 2.45) is 0 Å². The van der Waals surface area contributed by atoms with Crippen LogP contribution in [0.3, 0.4) is 0 Å². The second-order valence-corrected chi connectivity index (χ2v) is 3.83. The second kappa shape index (κ2) is 4.14. The van der Waals surface area contributed by atoms with E-state index in [0.717, 1.165) is 5.00 Å². The van der Waals surface area contributed by atoms with E-state index in [0.29, 0.717) is 12.2 Å². The number of hydrogen-bond donors (Lipinski definition) is 3. The minimum atomic E-state index is -0.402. The Labute approximate surface area is 90.2 Å². The molecule has 0 bridgehead atoms. The Morgan fingerprint density at radius 3 is 2.93 bits per heavy atom. The molecule has 1 aliphatic heterocycles. The van der Waals surface area contributed by atoms with Crippen LogP contribution < -0.4 is 16.0 Å². The first-order valence-electron chi connectivity index (χ1n) is 4.35. The average molecular weight is 223 g/mol. The van der Waals surface area contributed by atoms with Crippen molar-refractivity contribution in [3.05, 3.63) is 29.3 Å². The van der Waals surface area contributed by atoms with Gasteiger partial charge >= 0.3 is 6.03 Å². The molecule has 0 atom stereocenters. The number of anilines is 1. The Balaban J connectivity index is 1.90. The van der Waals surface area contributed by atoms with Gasteiger partial charge in [-0.15, -0.1) is 11.3 Å². The van der Waals surface area contributed by atoms with Gasteiger partial charge in [-0.2, -0.15) is 0 Å². The van der Waals surface area contributed by atoms with Crippen molar-refractivity contribution in [2.45, 2.75) is 0 Å². The van der Waals surface area contributed by atoms with Crippen LogP contribution in [-0.4, -0.2) is 18.5 Å². The van der Waals surface area contributed by atoms with Gasteiger partial charge in [0, 0.05) is 6.54 Å². The second-order valence-electron chi connectivity index (χ2n) is 2.88. The van der Waals surface area contributed by atoms with Gasteiger partial charge in [-0.05, 0) is 23.6 Å². The summed E-state index contributed by atoms with van der Waals surface area (Å²) in [7, 11) is 0. The smallest absolute Gasteiger partial charge is 0.324 e. The highest BCUT2D eigenvalue weighted by Crippen LogP contribution is 2.14. The molecule has 1 aromatic rings. The summed E-state index contributed by atoms with van der Waals surface area (Å²) in [6.07, 6.45) is 1.64. The Kier molecular flexibility index (Phi) is 2.68. The molecule has 0 saturated carbocycles. The maximum absolute atomic E-state index is 11.4. The summed E-state index contributed by atoms with van der Waals surface area (Å²) < 4.78 is 0. The zero-order valence-electron chi connectivity index (χ0n) is 7.74. The van der Waals surface area contributed by atoms with Crippen LogP contribution in [0.5, 0.6) is 0 Å². The molecule has 0 aromatic carbocycles. The first kappa shape index (κ1) is 9.72. The van der Waals surface area contributed by atoms with Crippen molar-refractivity contribution in [3.8, 4) is 0 Å². The molecular weight excluding hydrogens is 214 g/mol. The predicted octanol–water partition coefficient (Wildman–Crippen LogP) is 0.883. The third-order valence-electron chi connectivity index (χ3n) is 1.82. The SMILES string of the molecule is O=C(NC1=CCNC1=O)Nc1cccs1. The van der Waals surface area contributed by atoms with Crippen LogP contribution in [0.2, 0.25) is 0 Å². The highest BCUT2D eigenvalue weighted by molar-refractivity contribution is 7.14. The van der Waals surface area contributed by atoms with Gasteiger partial charge in [0.25, 0.3) is 5.91 Å². The van der Waals surface area contributed by atoms with Crippen molar-refractivity contribution < 1.29 is 9.59 Å². The Morgan fingerprint density at radius 1 is 1.47 bits per heavy atom. The van der Waals surface area contributed by atoms with Crippen LogP contribution in [0.15, 0.2) is 29.3 Å². The van der Waals surface area contributed by atoms with Crippen LogP contribution >= 0.6 is 11.3 Å². The number of hydrogen-bond acceptors (Lipinski definition) is 3. The Hall–Kier alpha value is -1.82. The Bertz CT molecular complexity index is 411. The third kappa shape index (κ3) is 2.35. The standard InChI is InChI=1S/C9H9N3O2S/c13-8-6(3-4-10-8)11-9(14)12-7-2-1-5-15-7/h1-3,5H,4H2,(H,10,13)(H2,11,12,14). The van der Waals surface area contributed by atoms with Gasteiger partial charge in [0.15, 0.2) is 0 Å². The van der Waals surface area contributed by atoms with Crippen LogP contribution in [0.25, 0.3) is 0 Å². The summed E-state index contributed by atoms with van der Waals surface area (Å²) in [6.45, 7) is 0.466. The van der Waals surface area contributed by atoms with E-state index in [1.54, 1.807) is 12.1 Å². The molecule has 0 radical (unpaired) electrons. The molecule has 15 heavy (non-hydrogen) atoms. The summed E-state index contributed by atoms with van der Waals surface area (Å²) in [5.41, 5.74) is 0.295. The number of urea groups is 1. The van der Waals surface area contributed by atoms with Gasteiger partial charge in [0.1, 0.15) is 5.70 Å². The van der Waals surface area contributed by atoms with Crippen molar-refractivity contribution in [2.75, 3.05) is 11.9 Å². The average Bonchev–Trinajstić information content (AvgIpc) is 2.79. The number of thiophene rings is 1. The van der Waals surface area contributed by atoms with Crippen molar-refractivity contribution in [1.29, 1.82) is 0 Å². The fraction of sp³-hybridized carbons (Fsp3) is 0.111. The fourth-order valence-electron chi connectivity index (χ4n) is 1.16. The van der Waals surface area contributed by atoms with Crippen molar-refractivity contribution in [3.63, 3.8) is 0 Å². The number of carbonyl (C=O) groups is 2. The minimum absolute atomic E-state index is 0.253. The summed E-state index contributed by atoms with van der Waals surface area (Å²) in [6, 6.07) is 3.22. The molecule has 2 rings (SSSR count). The van der Waals surface area contributed by atoms with E-state index in [1.165, 1.54) is 11.3 Å².